The van der Waals surface area contributed by atoms with Crippen molar-refractivity contribution < 1.29 is 17.9 Å². The summed E-state index contributed by atoms with van der Waals surface area (Å²) in [7, 11) is -1.82. The second-order valence-corrected chi connectivity index (χ2v) is 8.47. The van der Waals surface area contributed by atoms with Crippen LogP contribution in [0.15, 0.2) is 24.3 Å². The highest BCUT2D eigenvalue weighted by Crippen LogP contribution is 2.45. The molecule has 2 heterocycles. The van der Waals surface area contributed by atoms with Gasteiger partial charge in [-0.05, 0) is 30.4 Å². The molecule has 2 saturated heterocycles. The quantitative estimate of drug-likeness (QED) is 0.785. The predicted octanol–water partition coefficient (Wildman–Crippen LogP) is 0.661. The molecule has 0 radical (unpaired) electrons. The highest BCUT2D eigenvalue weighted by molar-refractivity contribution is 7.90. The minimum Gasteiger partial charge on any atom is -0.486 e. The third-order valence-corrected chi connectivity index (χ3v) is 6.53. The maximum Gasteiger partial charge on any atom is 0.301 e. The van der Waals surface area contributed by atoms with E-state index in [1.165, 1.54) is 6.42 Å². The van der Waals surface area contributed by atoms with Crippen molar-refractivity contribution in [2.75, 3.05) is 38.0 Å². The molecule has 8 heteroatoms. The topological polar surface area (TPSA) is 79.9 Å². The maximum absolute atomic E-state index is 12.5. The van der Waals surface area contributed by atoms with Crippen LogP contribution in [0.3, 0.4) is 0 Å². The monoisotopic (exact) mass is 353 g/mol. The van der Waals surface area contributed by atoms with Gasteiger partial charge in [0.05, 0.1) is 5.69 Å². The number of piperidine rings is 1. The van der Waals surface area contributed by atoms with Crippen molar-refractivity contribution in [1.82, 2.24) is 9.62 Å². The van der Waals surface area contributed by atoms with Gasteiger partial charge in [0.25, 0.3) is 0 Å². The Labute approximate surface area is 142 Å². The minimum absolute atomic E-state index is 0.00155. The van der Waals surface area contributed by atoms with Crippen molar-refractivity contribution in [2.45, 2.75) is 18.6 Å². The van der Waals surface area contributed by atoms with Crippen LogP contribution in [0, 0.1) is 11.8 Å². The summed E-state index contributed by atoms with van der Waals surface area (Å²) >= 11 is 0. The summed E-state index contributed by atoms with van der Waals surface area (Å²) in [6.45, 7) is 2.74. The lowest BCUT2D eigenvalue weighted by molar-refractivity contribution is 0.0346. The molecule has 1 aliphatic carbocycles. The second kappa shape index (κ2) is 6.18. The Bertz CT molecular complexity index is 701. The van der Waals surface area contributed by atoms with Crippen molar-refractivity contribution >= 4 is 15.9 Å². The molecule has 0 aromatic heterocycles. The number of fused-ring (bicyclic) bond motifs is 1. The van der Waals surface area contributed by atoms with E-state index in [2.05, 4.69) is 10.0 Å². The molecule has 1 aromatic rings. The van der Waals surface area contributed by atoms with E-state index in [9.17, 15) is 8.42 Å². The van der Waals surface area contributed by atoms with Gasteiger partial charge >= 0.3 is 10.2 Å². The molecule has 3 fully saturated rings. The summed E-state index contributed by atoms with van der Waals surface area (Å²) in [5, 5.41) is 3.22. The minimum atomic E-state index is -3.48. The zero-order valence-electron chi connectivity index (χ0n) is 13.6. The molecule has 7 nitrogen and oxygen atoms in total. The zero-order chi connectivity index (χ0) is 16.7. The first-order valence-corrected chi connectivity index (χ1v) is 9.77. The molecule has 0 amide bonds. The fraction of sp³-hybridized carbons (Fsp3) is 0.625. The molecule has 2 N–H and O–H groups in total. The first kappa shape index (κ1) is 16.1. The lowest BCUT2D eigenvalue weighted by Crippen LogP contribution is -2.35. The van der Waals surface area contributed by atoms with Crippen LogP contribution in [0.5, 0.6) is 5.75 Å². The number of rotatable bonds is 6. The standard InChI is InChI=1S/C16H23N3O4S/c1-22-15-7-17-8-16(15)23-14-4-2-3-13(6-14)18-24(20,21)19-9-11-5-12(11)10-19/h2-4,6,11-12,15-18H,5,7-10H2,1H3/t11?,12?,15-,16-/m1/s1. The SMILES string of the molecule is CO[C@@H]1CNC[C@H]1Oc1cccc(NS(=O)(=O)N2CC3CC3C2)c1. The third-order valence-electron chi connectivity index (χ3n) is 5.06. The smallest absolute Gasteiger partial charge is 0.301 e. The van der Waals surface area contributed by atoms with Gasteiger partial charge in [0, 0.05) is 39.4 Å². The molecule has 2 unspecified atom stereocenters. The van der Waals surface area contributed by atoms with E-state index in [4.69, 9.17) is 9.47 Å². The average molecular weight is 353 g/mol. The maximum atomic E-state index is 12.5. The Morgan fingerprint density at radius 1 is 1.21 bits per heavy atom. The Hall–Kier alpha value is -1.35. The van der Waals surface area contributed by atoms with Gasteiger partial charge < -0.3 is 14.8 Å². The molecule has 4 atom stereocenters. The number of nitrogens with zero attached hydrogens (tertiary/aromatic N) is 1. The van der Waals surface area contributed by atoms with Crippen molar-refractivity contribution in [3.8, 4) is 5.75 Å². The van der Waals surface area contributed by atoms with E-state index in [0.29, 0.717) is 42.9 Å². The van der Waals surface area contributed by atoms with Gasteiger partial charge in [-0.25, -0.2) is 0 Å². The summed E-state index contributed by atoms with van der Waals surface area (Å²) in [5.74, 6) is 1.77. The third kappa shape index (κ3) is 3.23. The number of anilines is 1. The Kier molecular flexibility index (Phi) is 4.16. The molecule has 1 saturated carbocycles. The highest BCUT2D eigenvalue weighted by Gasteiger charge is 2.48. The first-order valence-electron chi connectivity index (χ1n) is 8.33. The van der Waals surface area contributed by atoms with Crippen LogP contribution in [0.2, 0.25) is 0 Å². The van der Waals surface area contributed by atoms with Gasteiger partial charge in [-0.3, -0.25) is 4.72 Å². The summed E-state index contributed by atoms with van der Waals surface area (Å²) in [6, 6.07) is 7.08. The highest BCUT2D eigenvalue weighted by atomic mass is 32.2. The van der Waals surface area contributed by atoms with Crippen molar-refractivity contribution in [3.63, 3.8) is 0 Å². The van der Waals surface area contributed by atoms with Gasteiger partial charge in [-0.2, -0.15) is 12.7 Å². The van der Waals surface area contributed by atoms with E-state index in [1.807, 2.05) is 6.07 Å². The molecular weight excluding hydrogens is 330 g/mol. The molecule has 132 valence electrons. The Balaban J connectivity index is 1.42. The molecular formula is C16H23N3O4S. The molecule has 2 aliphatic heterocycles. The molecule has 0 spiro atoms. The second-order valence-electron chi connectivity index (χ2n) is 6.80. The van der Waals surface area contributed by atoms with Crippen molar-refractivity contribution in [1.29, 1.82) is 0 Å². The number of ether oxygens (including phenoxy) is 2. The van der Waals surface area contributed by atoms with Crippen LogP contribution in [0.4, 0.5) is 5.69 Å². The van der Waals surface area contributed by atoms with Gasteiger partial charge in [0.15, 0.2) is 0 Å². The van der Waals surface area contributed by atoms with Gasteiger partial charge in [0.1, 0.15) is 18.0 Å². The molecule has 24 heavy (non-hydrogen) atoms. The average Bonchev–Trinajstić information content (AvgIpc) is 2.96. The molecule has 4 rings (SSSR count). The number of nitrogens with one attached hydrogen (secondary N) is 2. The van der Waals surface area contributed by atoms with Gasteiger partial charge in [-0.1, -0.05) is 6.07 Å². The van der Waals surface area contributed by atoms with E-state index >= 15 is 0 Å². The van der Waals surface area contributed by atoms with E-state index < -0.39 is 10.2 Å². The largest absolute Gasteiger partial charge is 0.486 e. The number of hydrogen-bond acceptors (Lipinski definition) is 5. The summed E-state index contributed by atoms with van der Waals surface area (Å²) in [6.07, 6.45) is 1.10. The Morgan fingerprint density at radius 3 is 2.71 bits per heavy atom. The fourth-order valence-electron chi connectivity index (χ4n) is 3.56. The zero-order valence-corrected chi connectivity index (χ0v) is 14.5. The predicted molar refractivity (Wildman–Crippen MR) is 90.2 cm³/mol. The molecule has 1 aromatic carbocycles. The number of methoxy groups -OCH3 is 1. The van der Waals surface area contributed by atoms with E-state index in [0.717, 1.165) is 6.54 Å². The Morgan fingerprint density at radius 2 is 1.96 bits per heavy atom. The van der Waals surface area contributed by atoms with Crippen LogP contribution in [-0.2, 0) is 14.9 Å². The van der Waals surface area contributed by atoms with Crippen LogP contribution >= 0.6 is 0 Å². The summed E-state index contributed by atoms with van der Waals surface area (Å²) < 4.78 is 40.5. The summed E-state index contributed by atoms with van der Waals surface area (Å²) in [4.78, 5) is 0. The van der Waals surface area contributed by atoms with Crippen LogP contribution in [0.25, 0.3) is 0 Å². The molecule has 0 bridgehead atoms. The van der Waals surface area contributed by atoms with Crippen LogP contribution in [-0.4, -0.2) is 58.2 Å². The number of benzene rings is 1. The van der Waals surface area contributed by atoms with Crippen LogP contribution in [0.1, 0.15) is 6.42 Å². The number of hydrogen-bond donors (Lipinski definition) is 2. The lowest BCUT2D eigenvalue weighted by Gasteiger charge is -2.21. The lowest BCUT2D eigenvalue weighted by atomic mass is 10.2. The fourth-order valence-corrected chi connectivity index (χ4v) is 4.89. The van der Waals surface area contributed by atoms with E-state index in [-0.39, 0.29) is 12.2 Å². The van der Waals surface area contributed by atoms with Gasteiger partial charge in [-0.15, -0.1) is 0 Å². The van der Waals surface area contributed by atoms with Crippen LogP contribution < -0.4 is 14.8 Å². The first-order chi connectivity index (χ1) is 11.5. The van der Waals surface area contributed by atoms with E-state index in [1.54, 1.807) is 29.6 Å². The van der Waals surface area contributed by atoms with Crippen molar-refractivity contribution in [3.05, 3.63) is 24.3 Å². The van der Waals surface area contributed by atoms with Crippen molar-refractivity contribution in [2.24, 2.45) is 11.8 Å². The normalized spacial score (nSPS) is 32.5. The molecule has 3 aliphatic rings. The summed E-state index contributed by atoms with van der Waals surface area (Å²) in [5.41, 5.74) is 0.521. The van der Waals surface area contributed by atoms with Gasteiger partial charge in [0.2, 0.25) is 0 Å².